The Bertz CT molecular complexity index is 979. The van der Waals surface area contributed by atoms with Crippen LogP contribution in [-0.2, 0) is 6.42 Å². The number of benzene rings is 2. The van der Waals surface area contributed by atoms with Gasteiger partial charge in [0.25, 0.3) is 0 Å². The second-order valence-corrected chi connectivity index (χ2v) is 5.96. The molecule has 0 radical (unpaired) electrons. The van der Waals surface area contributed by atoms with Crippen molar-refractivity contribution in [2.75, 3.05) is 6.54 Å². The first-order valence-corrected chi connectivity index (χ1v) is 7.69. The Balaban J connectivity index is 1.70. The molecule has 0 saturated heterocycles. The number of aromatic amines is 1. The largest absolute Gasteiger partial charge is 0.471 e. The lowest BCUT2D eigenvalue weighted by Gasteiger charge is -2.25. The van der Waals surface area contributed by atoms with Crippen LogP contribution >= 0.6 is 0 Å². The molecule has 0 bridgehead atoms. The first kappa shape index (κ1) is 12.1. The molecular weight excluding hydrogens is 272 g/mol. The minimum absolute atomic E-state index is 0.218. The zero-order chi connectivity index (χ0) is 14.5. The van der Waals surface area contributed by atoms with Crippen molar-refractivity contribution in [3.63, 3.8) is 0 Å². The van der Waals surface area contributed by atoms with E-state index < -0.39 is 0 Å². The Morgan fingerprint density at radius 2 is 1.91 bits per heavy atom. The number of rotatable bonds is 1. The van der Waals surface area contributed by atoms with Crippen LogP contribution in [0.5, 0.6) is 0 Å². The van der Waals surface area contributed by atoms with Gasteiger partial charge in [0, 0.05) is 33.9 Å². The van der Waals surface area contributed by atoms with Crippen LogP contribution in [-0.4, -0.2) is 11.5 Å². The van der Waals surface area contributed by atoms with Crippen LogP contribution in [0.3, 0.4) is 0 Å². The summed E-state index contributed by atoms with van der Waals surface area (Å²) in [4.78, 5) is 3.62. The van der Waals surface area contributed by atoms with Gasteiger partial charge in [-0.15, -0.1) is 0 Å². The monoisotopic (exact) mass is 288 g/mol. The van der Waals surface area contributed by atoms with Gasteiger partial charge in [0.15, 0.2) is 0 Å². The Labute approximate surface area is 127 Å². The number of hydrogen-bond donors (Lipinski definition) is 2. The van der Waals surface area contributed by atoms with Gasteiger partial charge in [-0.3, -0.25) is 0 Å². The van der Waals surface area contributed by atoms with Crippen LogP contribution in [0.2, 0.25) is 0 Å². The molecule has 3 heteroatoms. The lowest BCUT2D eigenvalue weighted by atomic mass is 9.93. The van der Waals surface area contributed by atoms with Crippen LogP contribution in [0, 0.1) is 0 Å². The maximum Gasteiger partial charge on any atom is 0.0981 e. The molecule has 4 aromatic rings. The van der Waals surface area contributed by atoms with Crippen LogP contribution in [0.4, 0.5) is 0 Å². The van der Waals surface area contributed by atoms with E-state index in [1.165, 1.54) is 27.7 Å². The topological polar surface area (TPSA) is 41.0 Å². The zero-order valence-corrected chi connectivity index (χ0v) is 12.1. The number of furan rings is 1. The summed E-state index contributed by atoms with van der Waals surface area (Å²) in [6.07, 6.45) is 4.68. The number of hydrogen-bond acceptors (Lipinski definition) is 2. The number of H-pyrrole nitrogens is 1. The summed E-state index contributed by atoms with van der Waals surface area (Å²) in [7, 11) is 0. The van der Waals surface area contributed by atoms with Crippen molar-refractivity contribution in [2.24, 2.45) is 0 Å². The maximum absolute atomic E-state index is 5.30. The van der Waals surface area contributed by atoms with Crippen LogP contribution in [0.25, 0.3) is 21.7 Å². The fourth-order valence-electron chi connectivity index (χ4n) is 3.63. The maximum atomic E-state index is 5.30. The highest BCUT2D eigenvalue weighted by molar-refractivity contribution is 5.86. The Hall–Kier alpha value is -2.52. The number of nitrogens with one attached hydrogen (secondary N) is 2. The van der Waals surface area contributed by atoms with Crippen molar-refractivity contribution >= 4 is 21.7 Å². The first-order chi connectivity index (χ1) is 10.9. The van der Waals surface area contributed by atoms with E-state index in [4.69, 9.17) is 4.42 Å². The molecule has 22 heavy (non-hydrogen) atoms. The quantitative estimate of drug-likeness (QED) is 0.552. The normalized spacial score (nSPS) is 17.9. The van der Waals surface area contributed by atoms with E-state index in [9.17, 15) is 0 Å². The van der Waals surface area contributed by atoms with Crippen molar-refractivity contribution in [3.8, 4) is 0 Å². The molecule has 3 nitrogen and oxygen atoms in total. The zero-order valence-electron chi connectivity index (χ0n) is 12.1. The minimum Gasteiger partial charge on any atom is -0.471 e. The molecule has 2 N–H and O–H groups in total. The summed E-state index contributed by atoms with van der Waals surface area (Å²) in [5, 5.41) is 7.31. The molecule has 0 spiro atoms. The molecule has 2 aromatic carbocycles. The van der Waals surface area contributed by atoms with E-state index in [0.29, 0.717) is 0 Å². The van der Waals surface area contributed by atoms with Crippen molar-refractivity contribution in [1.82, 2.24) is 10.3 Å². The van der Waals surface area contributed by atoms with Gasteiger partial charge in [0.05, 0.1) is 18.6 Å². The Kier molecular flexibility index (Phi) is 2.46. The summed E-state index contributed by atoms with van der Waals surface area (Å²) in [5.74, 6) is 0. The molecule has 0 unspecified atom stereocenters. The van der Waals surface area contributed by atoms with Crippen molar-refractivity contribution in [1.29, 1.82) is 0 Å². The van der Waals surface area contributed by atoms with Gasteiger partial charge in [-0.2, -0.15) is 0 Å². The highest BCUT2D eigenvalue weighted by atomic mass is 16.3. The van der Waals surface area contributed by atoms with Gasteiger partial charge >= 0.3 is 0 Å². The third kappa shape index (κ3) is 1.66. The molecule has 1 aliphatic rings. The fourth-order valence-corrected chi connectivity index (χ4v) is 3.63. The molecule has 108 valence electrons. The van der Waals surface area contributed by atoms with Gasteiger partial charge in [0.1, 0.15) is 0 Å². The fraction of sp³-hybridized carbons (Fsp3) is 0.158. The SMILES string of the molecule is c1ccc2c3c([nH]c2c1)[C@@H](c1ccc2cocc2c1)NCC3. The van der Waals surface area contributed by atoms with E-state index in [-0.39, 0.29) is 6.04 Å². The number of aromatic nitrogens is 1. The second-order valence-electron chi connectivity index (χ2n) is 5.96. The van der Waals surface area contributed by atoms with E-state index in [1.807, 2.05) is 6.26 Å². The second kappa shape index (κ2) is 4.49. The molecule has 0 amide bonds. The third-order valence-corrected chi connectivity index (χ3v) is 4.69. The lowest BCUT2D eigenvalue weighted by Crippen LogP contribution is -2.30. The number of fused-ring (bicyclic) bond motifs is 4. The predicted octanol–water partition coefficient (Wildman–Crippen LogP) is 4.15. The molecule has 1 aliphatic heterocycles. The summed E-state index contributed by atoms with van der Waals surface area (Å²) in [5.41, 5.74) is 5.26. The van der Waals surface area contributed by atoms with Crippen molar-refractivity contribution in [2.45, 2.75) is 12.5 Å². The van der Waals surface area contributed by atoms with Crippen LogP contribution < -0.4 is 5.32 Å². The van der Waals surface area contributed by atoms with E-state index >= 15 is 0 Å². The van der Waals surface area contributed by atoms with Crippen LogP contribution in [0.15, 0.2) is 59.4 Å². The smallest absolute Gasteiger partial charge is 0.0981 e. The van der Waals surface area contributed by atoms with Gasteiger partial charge in [-0.05, 0) is 29.7 Å². The summed E-state index contributed by atoms with van der Waals surface area (Å²) in [6.45, 7) is 1.00. The van der Waals surface area contributed by atoms with Gasteiger partial charge < -0.3 is 14.7 Å². The summed E-state index contributed by atoms with van der Waals surface area (Å²) >= 11 is 0. The van der Waals surface area contributed by atoms with Gasteiger partial charge in [-0.25, -0.2) is 0 Å². The summed E-state index contributed by atoms with van der Waals surface area (Å²) in [6, 6.07) is 15.3. The number of para-hydroxylation sites is 1. The Morgan fingerprint density at radius 1 is 1.00 bits per heavy atom. The van der Waals surface area contributed by atoms with Crippen molar-refractivity contribution in [3.05, 3.63) is 71.8 Å². The lowest BCUT2D eigenvalue weighted by molar-refractivity contribution is 0.560. The summed E-state index contributed by atoms with van der Waals surface area (Å²) < 4.78 is 5.30. The molecular formula is C19H16N2O. The predicted molar refractivity (Wildman–Crippen MR) is 88.1 cm³/mol. The van der Waals surface area contributed by atoms with Crippen molar-refractivity contribution < 1.29 is 4.42 Å². The van der Waals surface area contributed by atoms with E-state index in [1.54, 1.807) is 6.26 Å². The third-order valence-electron chi connectivity index (χ3n) is 4.69. The minimum atomic E-state index is 0.218. The Morgan fingerprint density at radius 3 is 2.91 bits per heavy atom. The van der Waals surface area contributed by atoms with Gasteiger partial charge in [-0.1, -0.05) is 30.3 Å². The highest BCUT2D eigenvalue weighted by Crippen LogP contribution is 2.34. The van der Waals surface area contributed by atoms with E-state index in [0.717, 1.165) is 23.7 Å². The van der Waals surface area contributed by atoms with Crippen LogP contribution in [0.1, 0.15) is 22.9 Å². The molecule has 0 aliphatic carbocycles. The standard InChI is InChI=1S/C19H16N2O/c1-2-4-17-15(3-1)16-7-8-20-18(19(16)21-17)12-5-6-13-10-22-11-14(13)9-12/h1-6,9-11,18,20-21H,7-8H2/t18-/m1/s1. The molecule has 0 fully saturated rings. The molecule has 0 saturated carbocycles. The molecule has 2 aromatic heterocycles. The molecule has 1 atom stereocenters. The van der Waals surface area contributed by atoms with Gasteiger partial charge in [0.2, 0.25) is 0 Å². The molecule has 3 heterocycles. The average Bonchev–Trinajstić information content (AvgIpc) is 3.18. The first-order valence-electron chi connectivity index (χ1n) is 7.69. The highest BCUT2D eigenvalue weighted by Gasteiger charge is 2.25. The van der Waals surface area contributed by atoms with E-state index in [2.05, 4.69) is 52.8 Å². The molecule has 5 rings (SSSR count). The average molecular weight is 288 g/mol.